The highest BCUT2D eigenvalue weighted by atomic mass is 32.1. The van der Waals surface area contributed by atoms with E-state index in [0.29, 0.717) is 11.8 Å². The zero-order chi connectivity index (χ0) is 14.6. The molecule has 0 aliphatic rings. The Balaban J connectivity index is 1.94. The van der Waals surface area contributed by atoms with Crippen LogP contribution in [0.4, 0.5) is 24.9 Å². The van der Waals surface area contributed by atoms with Crippen LogP contribution in [0.3, 0.4) is 0 Å². The third-order valence-electron chi connectivity index (χ3n) is 2.35. The van der Waals surface area contributed by atoms with Crippen molar-refractivity contribution < 1.29 is 17.9 Å². The molecule has 0 bridgehead atoms. The van der Waals surface area contributed by atoms with Crippen molar-refractivity contribution in [2.24, 2.45) is 0 Å². The monoisotopic (exact) mass is 306 g/mol. The Kier molecular flexibility index (Phi) is 4.61. The number of nitrogens with zero attached hydrogens (tertiary/aromatic N) is 2. The van der Waals surface area contributed by atoms with Gasteiger partial charge in [-0.25, -0.2) is 4.98 Å². The second-order valence-corrected chi connectivity index (χ2v) is 4.77. The second kappa shape index (κ2) is 6.23. The Morgan fingerprint density at radius 2 is 2.15 bits per heavy atom. The average Bonchev–Trinajstić information content (AvgIpc) is 2.84. The molecule has 2 aromatic heterocycles. The molecule has 0 amide bonds. The third kappa shape index (κ3) is 3.94. The van der Waals surface area contributed by atoms with Crippen molar-refractivity contribution in [3.05, 3.63) is 11.4 Å². The topological polar surface area (TPSA) is 59.1 Å². The van der Waals surface area contributed by atoms with Crippen LogP contribution in [0.5, 0.6) is 0 Å². The van der Waals surface area contributed by atoms with E-state index in [1.54, 1.807) is 7.05 Å². The number of hydrogen-bond donors (Lipinski definition) is 2. The van der Waals surface area contributed by atoms with E-state index in [0.717, 1.165) is 10.2 Å². The van der Waals surface area contributed by atoms with Crippen LogP contribution in [-0.2, 0) is 4.74 Å². The molecule has 0 saturated carbocycles. The minimum atomic E-state index is -4.30. The van der Waals surface area contributed by atoms with Crippen LogP contribution in [0.1, 0.15) is 0 Å². The summed E-state index contributed by atoms with van der Waals surface area (Å²) in [4.78, 5) is 9.31. The van der Waals surface area contributed by atoms with Crippen molar-refractivity contribution in [1.82, 2.24) is 9.97 Å². The summed E-state index contributed by atoms with van der Waals surface area (Å²) in [6.07, 6.45) is -4.30. The maximum atomic E-state index is 11.9. The molecular formula is C11H13F3N4OS. The summed E-state index contributed by atoms with van der Waals surface area (Å²) in [5, 5.41) is 8.51. The van der Waals surface area contributed by atoms with Gasteiger partial charge in [-0.05, 0) is 11.4 Å². The predicted molar refractivity (Wildman–Crippen MR) is 72.3 cm³/mol. The van der Waals surface area contributed by atoms with Crippen LogP contribution in [0, 0.1) is 0 Å². The molecule has 0 aromatic carbocycles. The Morgan fingerprint density at radius 3 is 2.85 bits per heavy atom. The van der Waals surface area contributed by atoms with E-state index in [1.807, 2.05) is 11.4 Å². The molecule has 0 saturated heterocycles. The second-order valence-electron chi connectivity index (χ2n) is 3.88. The number of halogens is 3. The predicted octanol–water partition coefficient (Wildman–Crippen LogP) is 2.72. The molecule has 20 heavy (non-hydrogen) atoms. The first kappa shape index (κ1) is 14.8. The quantitative estimate of drug-likeness (QED) is 0.804. The summed E-state index contributed by atoms with van der Waals surface area (Å²) in [5.74, 6) is 1.04. The molecule has 0 aliphatic carbocycles. The van der Waals surface area contributed by atoms with Crippen molar-refractivity contribution in [1.29, 1.82) is 0 Å². The smallest absolute Gasteiger partial charge is 0.370 e. The summed E-state index contributed by atoms with van der Waals surface area (Å²) >= 11 is 1.47. The number of anilines is 2. The SMILES string of the molecule is CNc1nc(NCCOCC(F)(F)F)c2ccsc2n1. The highest BCUT2D eigenvalue weighted by molar-refractivity contribution is 7.16. The normalized spacial score (nSPS) is 11.8. The lowest BCUT2D eigenvalue weighted by molar-refractivity contribution is -0.172. The highest BCUT2D eigenvalue weighted by Gasteiger charge is 2.27. The summed E-state index contributed by atoms with van der Waals surface area (Å²) < 4.78 is 40.2. The summed E-state index contributed by atoms with van der Waals surface area (Å²) in [7, 11) is 1.70. The fourth-order valence-corrected chi connectivity index (χ4v) is 2.30. The van der Waals surface area contributed by atoms with Gasteiger partial charge in [0.2, 0.25) is 5.95 Å². The number of nitrogens with one attached hydrogen (secondary N) is 2. The number of aromatic nitrogens is 2. The van der Waals surface area contributed by atoms with Crippen molar-refractivity contribution in [3.63, 3.8) is 0 Å². The molecule has 0 unspecified atom stereocenters. The fraction of sp³-hybridized carbons (Fsp3) is 0.455. The lowest BCUT2D eigenvalue weighted by Crippen LogP contribution is -2.20. The van der Waals surface area contributed by atoms with Gasteiger partial charge in [-0.2, -0.15) is 18.2 Å². The molecule has 2 heterocycles. The van der Waals surface area contributed by atoms with Gasteiger partial charge in [-0.15, -0.1) is 11.3 Å². The fourth-order valence-electron chi connectivity index (χ4n) is 1.53. The van der Waals surface area contributed by atoms with Gasteiger partial charge in [0, 0.05) is 13.6 Å². The van der Waals surface area contributed by atoms with E-state index in [2.05, 4.69) is 25.3 Å². The molecule has 110 valence electrons. The number of fused-ring (bicyclic) bond motifs is 1. The lowest BCUT2D eigenvalue weighted by Gasteiger charge is -2.10. The van der Waals surface area contributed by atoms with Crippen molar-refractivity contribution in [2.45, 2.75) is 6.18 Å². The Bertz CT molecular complexity index is 572. The molecule has 9 heteroatoms. The molecule has 2 rings (SSSR count). The summed E-state index contributed by atoms with van der Waals surface area (Å²) in [6, 6.07) is 1.86. The number of hydrogen-bond acceptors (Lipinski definition) is 6. The largest absolute Gasteiger partial charge is 0.411 e. The minimum Gasteiger partial charge on any atom is -0.370 e. The van der Waals surface area contributed by atoms with Crippen molar-refractivity contribution in [3.8, 4) is 0 Å². The van der Waals surface area contributed by atoms with Crippen molar-refractivity contribution >= 4 is 33.3 Å². The van der Waals surface area contributed by atoms with Gasteiger partial charge < -0.3 is 15.4 Å². The molecule has 0 radical (unpaired) electrons. The molecule has 2 N–H and O–H groups in total. The third-order valence-corrected chi connectivity index (χ3v) is 3.16. The van der Waals surface area contributed by atoms with Gasteiger partial charge in [0.1, 0.15) is 17.3 Å². The lowest BCUT2D eigenvalue weighted by atomic mass is 10.4. The van der Waals surface area contributed by atoms with Gasteiger partial charge in [0.15, 0.2) is 0 Å². The summed E-state index contributed by atoms with van der Waals surface area (Å²) in [6.45, 7) is -1.06. The summed E-state index contributed by atoms with van der Waals surface area (Å²) in [5.41, 5.74) is 0. The Morgan fingerprint density at radius 1 is 1.35 bits per heavy atom. The van der Waals surface area contributed by atoms with Crippen LogP contribution < -0.4 is 10.6 Å². The molecule has 0 fully saturated rings. The van der Waals surface area contributed by atoms with Gasteiger partial charge >= 0.3 is 6.18 Å². The van der Waals surface area contributed by atoms with Gasteiger partial charge in [0.05, 0.1) is 12.0 Å². The number of alkyl halides is 3. The minimum absolute atomic E-state index is 0.0516. The van der Waals surface area contributed by atoms with Crippen molar-refractivity contribution in [2.75, 3.05) is 37.4 Å². The van der Waals surface area contributed by atoms with Gasteiger partial charge in [-0.3, -0.25) is 0 Å². The molecule has 2 aromatic rings. The molecular weight excluding hydrogens is 293 g/mol. The van der Waals surface area contributed by atoms with Crippen LogP contribution in [-0.4, -0.2) is 43.0 Å². The van der Waals surface area contributed by atoms with E-state index in [9.17, 15) is 13.2 Å². The Labute approximate surface area is 117 Å². The average molecular weight is 306 g/mol. The van der Waals surface area contributed by atoms with E-state index < -0.39 is 12.8 Å². The molecule has 0 atom stereocenters. The maximum Gasteiger partial charge on any atom is 0.411 e. The van der Waals surface area contributed by atoms with E-state index in [-0.39, 0.29) is 13.2 Å². The zero-order valence-electron chi connectivity index (χ0n) is 10.6. The van der Waals surface area contributed by atoms with E-state index >= 15 is 0 Å². The Hall–Kier alpha value is -1.61. The van der Waals surface area contributed by atoms with E-state index in [4.69, 9.17) is 0 Å². The van der Waals surface area contributed by atoms with Crippen LogP contribution in [0.2, 0.25) is 0 Å². The molecule has 0 aliphatic heterocycles. The first-order valence-electron chi connectivity index (χ1n) is 5.81. The first-order chi connectivity index (χ1) is 9.49. The van der Waals surface area contributed by atoms with Crippen LogP contribution in [0.25, 0.3) is 10.2 Å². The van der Waals surface area contributed by atoms with Gasteiger partial charge in [0.25, 0.3) is 0 Å². The first-order valence-corrected chi connectivity index (χ1v) is 6.69. The van der Waals surface area contributed by atoms with Gasteiger partial charge in [-0.1, -0.05) is 0 Å². The number of ether oxygens (including phenoxy) is 1. The van der Waals surface area contributed by atoms with Crippen LogP contribution in [0.15, 0.2) is 11.4 Å². The number of rotatable bonds is 6. The number of thiophene rings is 1. The molecule has 5 nitrogen and oxygen atoms in total. The molecule has 0 spiro atoms. The highest BCUT2D eigenvalue weighted by Crippen LogP contribution is 2.26. The zero-order valence-corrected chi connectivity index (χ0v) is 11.4. The van der Waals surface area contributed by atoms with Crippen LogP contribution >= 0.6 is 11.3 Å². The maximum absolute atomic E-state index is 11.9. The standard InChI is InChI=1S/C11H13F3N4OS/c1-15-10-17-8(7-2-5-20-9(7)18-10)16-3-4-19-6-11(12,13)14/h2,5H,3-4,6H2,1H3,(H2,15,16,17,18). The van der Waals surface area contributed by atoms with E-state index in [1.165, 1.54) is 11.3 Å².